The van der Waals surface area contributed by atoms with Crippen LogP contribution in [0.25, 0.3) is 11.0 Å². The molecule has 2 atom stereocenters. The Labute approximate surface area is 181 Å². The van der Waals surface area contributed by atoms with Gasteiger partial charge in [-0.05, 0) is 29.8 Å². The van der Waals surface area contributed by atoms with E-state index in [4.69, 9.17) is 0 Å². The van der Waals surface area contributed by atoms with E-state index in [0.717, 1.165) is 5.52 Å². The van der Waals surface area contributed by atoms with Gasteiger partial charge < -0.3 is 5.32 Å². The van der Waals surface area contributed by atoms with Crippen LogP contribution in [0.2, 0.25) is 0 Å². The summed E-state index contributed by atoms with van der Waals surface area (Å²) in [6, 6.07) is 20.4. The monoisotopic (exact) mass is 427 g/mol. The summed E-state index contributed by atoms with van der Waals surface area (Å²) in [5.41, 5.74) is 2.45. The molecule has 0 spiro atoms. The first-order chi connectivity index (χ1) is 15.5. The van der Waals surface area contributed by atoms with Gasteiger partial charge in [-0.2, -0.15) is 0 Å². The smallest absolute Gasteiger partial charge is 0.269 e. The van der Waals surface area contributed by atoms with Gasteiger partial charge in [-0.25, -0.2) is 4.98 Å². The third-order valence-electron chi connectivity index (χ3n) is 5.48. The second-order valence-electron chi connectivity index (χ2n) is 7.39. The zero-order valence-electron chi connectivity index (χ0n) is 16.6. The molecule has 0 bridgehead atoms. The predicted molar refractivity (Wildman–Crippen MR) is 117 cm³/mol. The third kappa shape index (κ3) is 3.25. The van der Waals surface area contributed by atoms with Crippen molar-refractivity contribution >= 4 is 34.5 Å². The summed E-state index contributed by atoms with van der Waals surface area (Å²) in [5, 5.41) is 16.7. The highest BCUT2D eigenvalue weighted by Crippen LogP contribution is 2.35. The van der Waals surface area contributed by atoms with Crippen molar-refractivity contribution in [2.45, 2.75) is 12.1 Å². The summed E-state index contributed by atoms with van der Waals surface area (Å²) in [6.07, 6.45) is 0. The van der Waals surface area contributed by atoms with E-state index in [9.17, 15) is 19.7 Å². The summed E-state index contributed by atoms with van der Waals surface area (Å²) in [7, 11) is 0. The molecule has 158 valence electrons. The average molecular weight is 427 g/mol. The summed E-state index contributed by atoms with van der Waals surface area (Å²) in [6.45, 7) is 0. The normalized spacial score (nSPS) is 17.4. The molecule has 0 fully saturated rings. The molecule has 5 rings (SSSR count). The molecule has 2 amide bonds. The molecule has 2 heterocycles. The van der Waals surface area contributed by atoms with Crippen LogP contribution in [0.5, 0.6) is 0 Å². The number of rotatable bonds is 4. The molecule has 3 aromatic carbocycles. The van der Waals surface area contributed by atoms with Crippen LogP contribution in [0.4, 0.5) is 11.6 Å². The van der Waals surface area contributed by atoms with Crippen molar-refractivity contribution in [3.05, 3.63) is 100 Å². The number of carbonyl (C=O) groups excluding carboxylic acids is 2. The van der Waals surface area contributed by atoms with Gasteiger partial charge in [0, 0.05) is 17.7 Å². The number of para-hydroxylation sites is 2. The second kappa shape index (κ2) is 7.62. The molecule has 0 saturated carbocycles. The van der Waals surface area contributed by atoms with Gasteiger partial charge in [0.15, 0.2) is 0 Å². The van der Waals surface area contributed by atoms with Crippen molar-refractivity contribution in [2.24, 2.45) is 0 Å². The van der Waals surface area contributed by atoms with Gasteiger partial charge in [0.1, 0.15) is 6.04 Å². The van der Waals surface area contributed by atoms with E-state index in [1.807, 2.05) is 28.8 Å². The first-order valence-corrected chi connectivity index (χ1v) is 9.91. The van der Waals surface area contributed by atoms with E-state index in [2.05, 4.69) is 15.6 Å². The number of anilines is 1. The standard InChI is InChI=1S/C23H17N5O4/c29-21(15-6-2-1-3-7-15)25-19-20(14-10-12-16(13-11-14)28(31)32)27-18-9-5-4-8-17(18)24-23(27)26-22(19)30/h1-13,19-20H,(H,25,29)(H,24,26,30). The van der Waals surface area contributed by atoms with Crippen molar-refractivity contribution < 1.29 is 14.5 Å². The lowest BCUT2D eigenvalue weighted by Gasteiger charge is -2.34. The van der Waals surface area contributed by atoms with Crippen molar-refractivity contribution in [1.82, 2.24) is 14.9 Å². The minimum absolute atomic E-state index is 0.0606. The summed E-state index contributed by atoms with van der Waals surface area (Å²) in [4.78, 5) is 41.1. The molecule has 2 unspecified atom stereocenters. The number of nitrogens with one attached hydrogen (secondary N) is 2. The van der Waals surface area contributed by atoms with Gasteiger partial charge in [0.25, 0.3) is 17.5 Å². The fourth-order valence-electron chi connectivity index (χ4n) is 3.99. The van der Waals surface area contributed by atoms with Crippen LogP contribution in [0.1, 0.15) is 22.0 Å². The van der Waals surface area contributed by atoms with Crippen molar-refractivity contribution in [3.63, 3.8) is 0 Å². The quantitative estimate of drug-likeness (QED) is 0.383. The Morgan fingerprint density at radius 1 is 1.00 bits per heavy atom. The maximum atomic E-state index is 13.1. The number of amides is 2. The third-order valence-corrected chi connectivity index (χ3v) is 5.48. The molecule has 0 aliphatic carbocycles. The Hall–Kier alpha value is -4.53. The predicted octanol–water partition coefficient (Wildman–Crippen LogP) is 3.28. The number of hydrogen-bond donors (Lipinski definition) is 2. The molecule has 9 heteroatoms. The van der Waals surface area contributed by atoms with Crippen molar-refractivity contribution in [2.75, 3.05) is 5.32 Å². The van der Waals surface area contributed by atoms with Crippen LogP contribution < -0.4 is 10.6 Å². The molecule has 0 radical (unpaired) electrons. The summed E-state index contributed by atoms with van der Waals surface area (Å²) in [5.74, 6) is -0.462. The Bertz CT molecular complexity index is 1350. The summed E-state index contributed by atoms with van der Waals surface area (Å²) < 4.78 is 1.84. The minimum atomic E-state index is -0.964. The van der Waals surface area contributed by atoms with Crippen LogP contribution in [0.3, 0.4) is 0 Å². The number of nitro benzene ring substituents is 1. The van der Waals surface area contributed by atoms with Crippen LogP contribution in [0, 0.1) is 10.1 Å². The van der Waals surface area contributed by atoms with E-state index < -0.39 is 28.8 Å². The molecule has 9 nitrogen and oxygen atoms in total. The Kier molecular flexibility index (Phi) is 4.63. The maximum absolute atomic E-state index is 13.1. The topological polar surface area (TPSA) is 119 Å². The SMILES string of the molecule is O=C(NC1C(=O)Nc2nc3ccccc3n2C1c1ccc([N+](=O)[O-])cc1)c1ccccc1. The van der Waals surface area contributed by atoms with Crippen LogP contribution in [0.15, 0.2) is 78.9 Å². The number of hydrogen-bond acceptors (Lipinski definition) is 5. The average Bonchev–Trinajstić information content (AvgIpc) is 3.18. The number of non-ortho nitro benzene ring substituents is 1. The number of aromatic nitrogens is 2. The van der Waals surface area contributed by atoms with E-state index in [-0.39, 0.29) is 5.69 Å². The number of fused-ring (bicyclic) bond motifs is 3. The number of nitrogens with zero attached hydrogens (tertiary/aromatic N) is 3. The fourth-order valence-corrected chi connectivity index (χ4v) is 3.99. The number of benzene rings is 3. The molecule has 1 aliphatic heterocycles. The number of nitro groups is 1. The molecule has 4 aromatic rings. The minimum Gasteiger partial charge on any atom is -0.338 e. The van der Waals surface area contributed by atoms with Crippen molar-refractivity contribution in [3.8, 4) is 0 Å². The number of imidazole rings is 1. The molecule has 1 aliphatic rings. The molecular weight excluding hydrogens is 410 g/mol. The van der Waals surface area contributed by atoms with E-state index >= 15 is 0 Å². The largest absolute Gasteiger partial charge is 0.338 e. The summed E-state index contributed by atoms with van der Waals surface area (Å²) >= 11 is 0. The molecular formula is C23H17N5O4. The van der Waals surface area contributed by atoms with Gasteiger partial charge in [-0.3, -0.25) is 29.6 Å². The number of carbonyl (C=O) groups is 2. The highest BCUT2D eigenvalue weighted by atomic mass is 16.6. The van der Waals surface area contributed by atoms with Gasteiger partial charge in [-0.1, -0.05) is 42.5 Å². The van der Waals surface area contributed by atoms with Gasteiger partial charge in [0.2, 0.25) is 5.95 Å². The fraction of sp³-hybridized carbons (Fsp3) is 0.0870. The Balaban J connectivity index is 1.63. The van der Waals surface area contributed by atoms with Crippen molar-refractivity contribution in [1.29, 1.82) is 0 Å². The van der Waals surface area contributed by atoms with Crippen LogP contribution >= 0.6 is 0 Å². The van der Waals surface area contributed by atoms with Crippen LogP contribution in [-0.2, 0) is 4.79 Å². The zero-order chi connectivity index (χ0) is 22.2. The van der Waals surface area contributed by atoms with E-state index in [1.165, 1.54) is 12.1 Å². The molecule has 32 heavy (non-hydrogen) atoms. The van der Waals surface area contributed by atoms with E-state index in [1.54, 1.807) is 42.5 Å². The lowest BCUT2D eigenvalue weighted by molar-refractivity contribution is -0.384. The Morgan fingerprint density at radius 3 is 2.41 bits per heavy atom. The van der Waals surface area contributed by atoms with Gasteiger partial charge >= 0.3 is 0 Å². The zero-order valence-corrected chi connectivity index (χ0v) is 16.6. The second-order valence-corrected chi connectivity index (χ2v) is 7.39. The first kappa shape index (κ1) is 19.4. The van der Waals surface area contributed by atoms with Gasteiger partial charge in [-0.15, -0.1) is 0 Å². The maximum Gasteiger partial charge on any atom is 0.269 e. The molecule has 0 saturated heterocycles. The lowest BCUT2D eigenvalue weighted by Crippen LogP contribution is -2.52. The lowest BCUT2D eigenvalue weighted by atomic mass is 9.95. The molecule has 1 aromatic heterocycles. The first-order valence-electron chi connectivity index (χ1n) is 9.91. The van der Waals surface area contributed by atoms with Crippen LogP contribution in [-0.4, -0.2) is 32.3 Å². The molecule has 2 N–H and O–H groups in total. The highest BCUT2D eigenvalue weighted by Gasteiger charge is 2.39. The highest BCUT2D eigenvalue weighted by molar-refractivity contribution is 6.03. The Morgan fingerprint density at radius 2 is 1.69 bits per heavy atom. The van der Waals surface area contributed by atoms with Gasteiger partial charge in [0.05, 0.1) is 22.0 Å². The van der Waals surface area contributed by atoms with E-state index in [0.29, 0.717) is 22.6 Å².